The summed E-state index contributed by atoms with van der Waals surface area (Å²) in [4.78, 5) is 17.1. The van der Waals surface area contributed by atoms with Crippen molar-refractivity contribution in [2.24, 2.45) is 0 Å². The molecule has 1 heterocycles. The predicted octanol–water partition coefficient (Wildman–Crippen LogP) is 5.22. The number of ether oxygens (including phenoxy) is 2. The molecule has 0 N–H and O–H groups in total. The number of rotatable bonds is 6. The van der Waals surface area contributed by atoms with Gasteiger partial charge in [-0.3, -0.25) is 4.90 Å². The number of amides is 1. The molecule has 0 aliphatic carbocycles. The van der Waals surface area contributed by atoms with Crippen molar-refractivity contribution in [1.82, 2.24) is 4.98 Å². The molecule has 0 aliphatic rings. The van der Waals surface area contributed by atoms with Gasteiger partial charge < -0.3 is 9.47 Å². The van der Waals surface area contributed by atoms with Gasteiger partial charge in [0.25, 0.3) is 0 Å². The number of methoxy groups -OCH3 is 2. The zero-order valence-electron chi connectivity index (χ0n) is 14.4. The molecule has 1 aromatic heterocycles. The number of thioether (sulfide) groups is 1. The van der Waals surface area contributed by atoms with Crippen molar-refractivity contribution in [3.8, 4) is 0 Å². The van der Waals surface area contributed by atoms with Crippen LogP contribution in [-0.2, 0) is 21.4 Å². The van der Waals surface area contributed by atoms with Gasteiger partial charge in [0, 0.05) is 19.1 Å². The van der Waals surface area contributed by atoms with Crippen LogP contribution in [0.5, 0.6) is 0 Å². The van der Waals surface area contributed by atoms with Gasteiger partial charge in [-0.1, -0.05) is 29.8 Å². The lowest BCUT2D eigenvalue weighted by atomic mass is 10.2. The molecule has 0 saturated heterocycles. The van der Waals surface area contributed by atoms with Gasteiger partial charge in [-0.15, -0.1) is 11.8 Å². The van der Waals surface area contributed by atoms with Crippen molar-refractivity contribution in [1.29, 1.82) is 0 Å². The second-order valence-corrected chi connectivity index (χ2v) is 6.61. The van der Waals surface area contributed by atoms with Crippen LogP contribution in [0.3, 0.4) is 0 Å². The van der Waals surface area contributed by atoms with E-state index in [1.54, 1.807) is 24.3 Å². The Morgan fingerprint density at radius 3 is 2.59 bits per heavy atom. The molecule has 2 rings (SSSR count). The summed E-state index contributed by atoms with van der Waals surface area (Å²) in [6, 6.07) is 7.87. The van der Waals surface area contributed by atoms with Crippen molar-refractivity contribution >= 4 is 35.1 Å². The van der Waals surface area contributed by atoms with Crippen molar-refractivity contribution in [3.63, 3.8) is 0 Å². The number of para-hydroxylation sites is 1. The number of alkyl halides is 3. The number of hydrogen-bond acceptors (Lipinski definition) is 5. The molecule has 1 aromatic carbocycles. The average molecular weight is 421 g/mol. The van der Waals surface area contributed by atoms with Crippen molar-refractivity contribution < 1.29 is 27.4 Å². The lowest BCUT2D eigenvalue weighted by Gasteiger charge is -2.22. The van der Waals surface area contributed by atoms with E-state index in [1.807, 2.05) is 0 Å². The lowest BCUT2D eigenvalue weighted by Crippen LogP contribution is -2.33. The van der Waals surface area contributed by atoms with E-state index in [0.29, 0.717) is 11.4 Å². The maximum absolute atomic E-state index is 12.7. The topological polar surface area (TPSA) is 51.7 Å². The van der Waals surface area contributed by atoms with Crippen molar-refractivity contribution in [3.05, 3.63) is 52.7 Å². The second kappa shape index (κ2) is 9.29. The van der Waals surface area contributed by atoms with Crippen LogP contribution in [0.25, 0.3) is 0 Å². The predicted molar refractivity (Wildman–Crippen MR) is 97.0 cm³/mol. The summed E-state index contributed by atoms with van der Waals surface area (Å²) in [6.07, 6.45) is -4.36. The Kier molecular flexibility index (Phi) is 7.34. The van der Waals surface area contributed by atoms with E-state index in [0.717, 1.165) is 29.6 Å². The minimum absolute atomic E-state index is 0.0202. The normalized spacial score (nSPS) is 11.3. The summed E-state index contributed by atoms with van der Waals surface area (Å²) in [5.74, 6) is 0.325. The first-order valence-corrected chi connectivity index (χ1v) is 8.92. The Bertz CT molecular complexity index is 805. The fraction of sp³-hybridized carbons (Fsp3) is 0.294. The molecule has 0 radical (unpaired) electrons. The van der Waals surface area contributed by atoms with Gasteiger partial charge in [-0.05, 0) is 17.7 Å². The molecule has 0 saturated carbocycles. The number of anilines is 1. The number of nitrogens with zero attached hydrogens (tertiary/aromatic N) is 2. The van der Waals surface area contributed by atoms with E-state index in [2.05, 4.69) is 4.98 Å². The highest BCUT2D eigenvalue weighted by Crippen LogP contribution is 2.35. The summed E-state index contributed by atoms with van der Waals surface area (Å²) in [7, 11) is 2.70. The molecule has 1 amide bonds. The number of carbonyl (C=O) groups is 1. The monoisotopic (exact) mass is 420 g/mol. The summed E-state index contributed by atoms with van der Waals surface area (Å²) in [6.45, 7) is -0.0202. The fourth-order valence-corrected chi connectivity index (χ4v) is 3.38. The summed E-state index contributed by atoms with van der Waals surface area (Å²) < 4.78 is 47.9. The van der Waals surface area contributed by atoms with Gasteiger partial charge in [-0.2, -0.15) is 13.2 Å². The van der Waals surface area contributed by atoms with E-state index in [1.165, 1.54) is 19.1 Å². The van der Waals surface area contributed by atoms with E-state index >= 15 is 0 Å². The number of halogens is 4. The van der Waals surface area contributed by atoms with E-state index in [4.69, 9.17) is 21.1 Å². The zero-order valence-corrected chi connectivity index (χ0v) is 16.0. The molecule has 2 aromatic rings. The van der Waals surface area contributed by atoms with Gasteiger partial charge in [0.1, 0.15) is 11.8 Å². The Hall–Kier alpha value is -1.97. The molecule has 0 spiro atoms. The average Bonchev–Trinajstić information content (AvgIpc) is 2.64. The number of pyridine rings is 1. The molecule has 0 bridgehead atoms. The van der Waals surface area contributed by atoms with Crippen LogP contribution in [0.4, 0.5) is 23.7 Å². The van der Waals surface area contributed by atoms with Gasteiger partial charge >= 0.3 is 12.3 Å². The first-order valence-electron chi connectivity index (χ1n) is 7.55. The smallest absolute Gasteiger partial charge is 0.417 e. The van der Waals surface area contributed by atoms with E-state index in [9.17, 15) is 18.0 Å². The Balaban J connectivity index is 2.23. The third kappa shape index (κ3) is 5.50. The maximum atomic E-state index is 12.7. The number of aromatic nitrogens is 1. The molecule has 10 heteroatoms. The van der Waals surface area contributed by atoms with Crippen LogP contribution in [0, 0.1) is 0 Å². The Morgan fingerprint density at radius 1 is 1.30 bits per heavy atom. The van der Waals surface area contributed by atoms with Crippen LogP contribution in [0.15, 0.2) is 41.6 Å². The van der Waals surface area contributed by atoms with Gasteiger partial charge in [-0.25, -0.2) is 9.78 Å². The number of hydrogen-bond donors (Lipinski definition) is 0. The van der Waals surface area contributed by atoms with Crippen molar-refractivity contribution in [2.75, 3.05) is 25.9 Å². The summed E-state index contributed by atoms with van der Waals surface area (Å²) >= 11 is 7.10. The van der Waals surface area contributed by atoms with Crippen LogP contribution in [0.1, 0.15) is 11.1 Å². The minimum atomic E-state index is -4.51. The Labute approximate surface area is 163 Å². The van der Waals surface area contributed by atoms with Gasteiger partial charge in [0.05, 0.1) is 23.4 Å². The second-order valence-electron chi connectivity index (χ2n) is 5.24. The summed E-state index contributed by atoms with van der Waals surface area (Å²) in [5, 5.41) is 0.171. The molecule has 0 aliphatic heterocycles. The number of benzene rings is 1. The molecule has 0 atom stereocenters. The number of carbonyl (C=O) groups excluding carboxylic acids is 1. The van der Waals surface area contributed by atoms with Gasteiger partial charge in [0.2, 0.25) is 0 Å². The minimum Gasteiger partial charge on any atom is -0.452 e. The quantitative estimate of drug-likeness (QED) is 0.473. The Morgan fingerprint density at radius 2 is 2.00 bits per heavy atom. The van der Waals surface area contributed by atoms with E-state index < -0.39 is 17.8 Å². The van der Waals surface area contributed by atoms with Crippen LogP contribution in [0.2, 0.25) is 5.02 Å². The molecule has 146 valence electrons. The van der Waals surface area contributed by atoms with Crippen LogP contribution in [-0.4, -0.2) is 32.0 Å². The molecule has 0 unspecified atom stereocenters. The first kappa shape index (κ1) is 21.3. The SMILES string of the molecule is COCN(C(=O)OC)c1ccccc1CSc1ncc(C(F)(F)F)cc1Cl. The fourth-order valence-electron chi connectivity index (χ4n) is 2.19. The first-order chi connectivity index (χ1) is 12.8. The highest BCUT2D eigenvalue weighted by atomic mass is 35.5. The largest absolute Gasteiger partial charge is 0.452 e. The molecule has 5 nitrogen and oxygen atoms in total. The highest BCUT2D eigenvalue weighted by molar-refractivity contribution is 7.98. The molecular weight excluding hydrogens is 405 g/mol. The maximum Gasteiger partial charge on any atom is 0.417 e. The lowest BCUT2D eigenvalue weighted by molar-refractivity contribution is -0.137. The molecule has 27 heavy (non-hydrogen) atoms. The third-order valence-corrected chi connectivity index (χ3v) is 4.89. The van der Waals surface area contributed by atoms with Crippen LogP contribution >= 0.6 is 23.4 Å². The molecular formula is C17H16ClF3N2O3S. The van der Waals surface area contributed by atoms with Crippen LogP contribution < -0.4 is 4.90 Å². The third-order valence-electron chi connectivity index (χ3n) is 3.43. The molecule has 0 fully saturated rings. The van der Waals surface area contributed by atoms with Crippen molar-refractivity contribution in [2.45, 2.75) is 17.0 Å². The van der Waals surface area contributed by atoms with Gasteiger partial charge in [0.15, 0.2) is 0 Å². The highest BCUT2D eigenvalue weighted by Gasteiger charge is 2.31. The van der Waals surface area contributed by atoms with E-state index in [-0.39, 0.29) is 16.8 Å². The summed E-state index contributed by atoms with van der Waals surface area (Å²) in [5.41, 5.74) is 0.388. The standard InChI is InChI=1S/C17H16ClF3N2O3S/c1-25-10-23(16(24)26-2)14-6-4-3-5-11(14)9-27-15-13(18)7-12(8-22-15)17(19,20)21/h3-8H,9-10H2,1-2H3. The zero-order chi connectivity index (χ0) is 20.0.